The summed E-state index contributed by atoms with van der Waals surface area (Å²) in [4.78, 5) is 60.5. The maximum absolute atomic E-state index is 12.8. The predicted molar refractivity (Wildman–Crippen MR) is 112 cm³/mol. The lowest BCUT2D eigenvalue weighted by atomic mass is 9.80. The van der Waals surface area contributed by atoms with Gasteiger partial charge in [-0.1, -0.05) is 12.1 Å². The number of hydrogen-bond donors (Lipinski definition) is 1. The van der Waals surface area contributed by atoms with Crippen LogP contribution in [0.15, 0.2) is 29.1 Å². The van der Waals surface area contributed by atoms with E-state index in [4.69, 9.17) is 0 Å². The first-order chi connectivity index (χ1) is 14.9. The second-order valence-electron chi connectivity index (χ2n) is 8.63. The number of carbonyl (C=O) groups is 3. The number of likely N-dealkylation sites (tertiary alicyclic amines) is 1. The van der Waals surface area contributed by atoms with Gasteiger partial charge in [0.2, 0.25) is 5.91 Å². The van der Waals surface area contributed by atoms with Crippen molar-refractivity contribution < 1.29 is 14.4 Å². The minimum absolute atomic E-state index is 0.0223. The second-order valence-corrected chi connectivity index (χ2v) is 8.63. The van der Waals surface area contributed by atoms with Gasteiger partial charge in [-0.05, 0) is 44.2 Å². The molecule has 0 bridgehead atoms. The van der Waals surface area contributed by atoms with Gasteiger partial charge in [0.25, 0.3) is 17.4 Å². The molecular formula is C23H24N4O4. The number of nitrogens with zero attached hydrogens (tertiary/aromatic N) is 3. The molecule has 3 amide bonds. The van der Waals surface area contributed by atoms with Crippen LogP contribution in [0.1, 0.15) is 63.0 Å². The van der Waals surface area contributed by atoms with Crippen molar-refractivity contribution in [2.24, 2.45) is 5.92 Å². The van der Waals surface area contributed by atoms with Gasteiger partial charge < -0.3 is 9.88 Å². The van der Waals surface area contributed by atoms with Crippen molar-refractivity contribution in [2.45, 2.75) is 38.5 Å². The van der Waals surface area contributed by atoms with Gasteiger partial charge in [-0.25, -0.2) is 4.98 Å². The number of nitrogens with one attached hydrogen (secondary N) is 1. The van der Waals surface area contributed by atoms with Gasteiger partial charge in [0.15, 0.2) is 0 Å². The number of imide groups is 1. The molecule has 1 aliphatic carbocycles. The number of H-pyrrole nitrogens is 1. The zero-order valence-electron chi connectivity index (χ0n) is 17.4. The molecule has 1 aromatic carbocycles. The van der Waals surface area contributed by atoms with Crippen LogP contribution in [0.3, 0.4) is 0 Å². The first-order valence-corrected chi connectivity index (χ1v) is 10.8. The van der Waals surface area contributed by atoms with Crippen LogP contribution in [0, 0.1) is 12.8 Å². The second kappa shape index (κ2) is 7.44. The Bertz CT molecular complexity index is 1120. The van der Waals surface area contributed by atoms with E-state index in [9.17, 15) is 19.2 Å². The Morgan fingerprint density at radius 2 is 1.84 bits per heavy atom. The van der Waals surface area contributed by atoms with Gasteiger partial charge in [0, 0.05) is 37.5 Å². The Kier molecular flexibility index (Phi) is 4.72. The number of aromatic amines is 1. The van der Waals surface area contributed by atoms with Crippen molar-refractivity contribution in [3.63, 3.8) is 0 Å². The Balaban J connectivity index is 1.21. The minimum Gasteiger partial charge on any atom is -0.342 e. The van der Waals surface area contributed by atoms with Gasteiger partial charge in [-0.2, -0.15) is 0 Å². The molecule has 160 valence electrons. The molecule has 1 saturated heterocycles. The van der Waals surface area contributed by atoms with E-state index >= 15 is 0 Å². The van der Waals surface area contributed by atoms with Crippen LogP contribution in [-0.4, -0.2) is 57.1 Å². The van der Waals surface area contributed by atoms with Crippen LogP contribution >= 0.6 is 0 Å². The van der Waals surface area contributed by atoms with Crippen LogP contribution in [0.4, 0.5) is 0 Å². The Morgan fingerprint density at radius 1 is 1.13 bits per heavy atom. The van der Waals surface area contributed by atoms with E-state index in [1.165, 1.54) is 4.90 Å². The number of rotatable bonds is 4. The SMILES string of the molecule is Cc1nc2c(c(=O)[nH]1)CC[C@@H]1CN(C(=O)CCCN3C(=O)c4ccccc4C3=O)C[C@H]21. The van der Waals surface area contributed by atoms with E-state index in [0.29, 0.717) is 48.8 Å². The molecule has 31 heavy (non-hydrogen) atoms. The number of benzene rings is 1. The molecular weight excluding hydrogens is 396 g/mol. The first kappa shape index (κ1) is 19.7. The molecule has 8 heteroatoms. The summed E-state index contributed by atoms with van der Waals surface area (Å²) in [5.74, 6) is 0.475. The minimum atomic E-state index is -0.288. The highest BCUT2D eigenvalue weighted by Gasteiger charge is 2.41. The first-order valence-electron chi connectivity index (χ1n) is 10.8. The lowest BCUT2D eigenvalue weighted by molar-refractivity contribution is -0.130. The Morgan fingerprint density at radius 3 is 2.55 bits per heavy atom. The van der Waals surface area contributed by atoms with E-state index in [1.54, 1.807) is 31.2 Å². The zero-order chi connectivity index (χ0) is 21.7. The van der Waals surface area contributed by atoms with Crippen LogP contribution in [0.25, 0.3) is 0 Å². The quantitative estimate of drug-likeness (QED) is 0.758. The van der Waals surface area contributed by atoms with Crippen molar-refractivity contribution in [3.05, 3.63) is 62.8 Å². The third-order valence-corrected chi connectivity index (χ3v) is 6.73. The molecule has 0 spiro atoms. The van der Waals surface area contributed by atoms with E-state index < -0.39 is 0 Å². The fourth-order valence-electron chi connectivity index (χ4n) is 5.18. The van der Waals surface area contributed by atoms with Gasteiger partial charge in [-0.15, -0.1) is 0 Å². The van der Waals surface area contributed by atoms with E-state index in [0.717, 1.165) is 17.7 Å². The highest BCUT2D eigenvalue weighted by atomic mass is 16.2. The van der Waals surface area contributed by atoms with Crippen molar-refractivity contribution in [2.75, 3.05) is 19.6 Å². The number of hydrogen-bond acceptors (Lipinski definition) is 5. The molecule has 2 aromatic rings. The largest absolute Gasteiger partial charge is 0.342 e. The number of carbonyl (C=O) groups excluding carboxylic acids is 3. The molecule has 0 saturated carbocycles. The zero-order valence-corrected chi connectivity index (χ0v) is 17.4. The summed E-state index contributed by atoms with van der Waals surface area (Å²) < 4.78 is 0. The van der Waals surface area contributed by atoms with Gasteiger partial charge >= 0.3 is 0 Å². The predicted octanol–water partition coefficient (Wildman–Crippen LogP) is 1.64. The number of aryl methyl sites for hydroxylation is 1. The number of aromatic nitrogens is 2. The molecule has 0 radical (unpaired) electrons. The van der Waals surface area contributed by atoms with Crippen LogP contribution in [0.2, 0.25) is 0 Å². The Labute approximate surface area is 179 Å². The van der Waals surface area contributed by atoms with E-state index in [1.807, 2.05) is 4.90 Å². The molecule has 3 aliphatic rings. The fraction of sp³-hybridized carbons (Fsp3) is 0.435. The van der Waals surface area contributed by atoms with Crippen molar-refractivity contribution in [3.8, 4) is 0 Å². The molecule has 1 fully saturated rings. The molecule has 1 aromatic heterocycles. The number of amides is 3. The van der Waals surface area contributed by atoms with E-state index in [2.05, 4.69) is 9.97 Å². The van der Waals surface area contributed by atoms with Crippen molar-refractivity contribution in [1.29, 1.82) is 0 Å². The van der Waals surface area contributed by atoms with Gasteiger partial charge in [0.1, 0.15) is 5.82 Å². The summed E-state index contributed by atoms with van der Waals surface area (Å²) in [6.07, 6.45) is 2.29. The number of fused-ring (bicyclic) bond motifs is 4. The molecule has 2 atom stereocenters. The van der Waals surface area contributed by atoms with Gasteiger partial charge in [-0.3, -0.25) is 24.1 Å². The summed E-state index contributed by atoms with van der Waals surface area (Å²) in [7, 11) is 0. The highest BCUT2D eigenvalue weighted by Crippen LogP contribution is 2.39. The molecule has 5 rings (SSSR count). The molecule has 2 aliphatic heterocycles. The normalized spacial score (nSPS) is 21.8. The smallest absolute Gasteiger partial charge is 0.261 e. The fourth-order valence-corrected chi connectivity index (χ4v) is 5.18. The highest BCUT2D eigenvalue weighted by molar-refractivity contribution is 6.21. The molecule has 8 nitrogen and oxygen atoms in total. The average Bonchev–Trinajstić information content (AvgIpc) is 3.29. The molecule has 3 heterocycles. The standard InChI is InChI=1S/C23H24N4O4/c1-13-24-20-17(21(29)25-13)9-8-14-11-26(12-18(14)20)19(28)7-4-10-27-22(30)15-5-2-3-6-16(15)23(27)31/h2-3,5-6,14,18H,4,7-12H2,1H3,(H,24,25,29)/t14-,18+/m1/s1. The maximum Gasteiger partial charge on any atom is 0.261 e. The Hall–Kier alpha value is -3.29. The lowest BCUT2D eigenvalue weighted by Gasteiger charge is -2.25. The average molecular weight is 420 g/mol. The summed E-state index contributed by atoms with van der Waals surface area (Å²) >= 11 is 0. The maximum atomic E-state index is 12.8. The summed E-state index contributed by atoms with van der Waals surface area (Å²) in [6.45, 7) is 3.25. The van der Waals surface area contributed by atoms with Crippen molar-refractivity contribution >= 4 is 17.7 Å². The van der Waals surface area contributed by atoms with Crippen LogP contribution in [-0.2, 0) is 11.2 Å². The molecule has 1 N–H and O–H groups in total. The summed E-state index contributed by atoms with van der Waals surface area (Å²) in [6, 6.07) is 6.80. The van der Waals surface area contributed by atoms with Gasteiger partial charge in [0.05, 0.1) is 16.8 Å². The summed E-state index contributed by atoms with van der Waals surface area (Å²) in [5, 5.41) is 0. The van der Waals surface area contributed by atoms with Crippen molar-refractivity contribution in [1.82, 2.24) is 19.8 Å². The van der Waals surface area contributed by atoms with E-state index in [-0.39, 0.29) is 42.2 Å². The topological polar surface area (TPSA) is 103 Å². The third-order valence-electron chi connectivity index (χ3n) is 6.73. The third kappa shape index (κ3) is 3.26. The lowest BCUT2D eigenvalue weighted by Crippen LogP contribution is -2.33. The monoisotopic (exact) mass is 420 g/mol. The van der Waals surface area contributed by atoms with Crippen LogP contribution < -0.4 is 5.56 Å². The molecule has 0 unspecified atom stereocenters. The van der Waals surface area contributed by atoms with Crippen LogP contribution in [0.5, 0.6) is 0 Å². The summed E-state index contributed by atoms with van der Waals surface area (Å²) in [5.41, 5.74) is 2.40.